The van der Waals surface area contributed by atoms with Gasteiger partial charge >= 0.3 is 0 Å². The maximum absolute atomic E-state index is 13.2. The average Bonchev–Trinajstić information content (AvgIpc) is 3.56. The zero-order valence-electron chi connectivity index (χ0n) is 28.0. The number of nitro groups is 1. The highest BCUT2D eigenvalue weighted by molar-refractivity contribution is 8.00. The molecule has 9 nitrogen and oxygen atoms in total. The lowest BCUT2D eigenvalue weighted by Crippen LogP contribution is -2.46. The molecule has 12 heteroatoms. The summed E-state index contributed by atoms with van der Waals surface area (Å²) in [7, 11) is 0.413. The second kappa shape index (κ2) is 15.5. The van der Waals surface area contributed by atoms with Crippen LogP contribution in [0.3, 0.4) is 0 Å². The van der Waals surface area contributed by atoms with E-state index in [0.29, 0.717) is 17.0 Å². The van der Waals surface area contributed by atoms with Crippen LogP contribution in [0.15, 0.2) is 143 Å². The van der Waals surface area contributed by atoms with Crippen LogP contribution in [0.1, 0.15) is 12.8 Å². The van der Waals surface area contributed by atoms with Crippen molar-refractivity contribution in [3.63, 3.8) is 0 Å². The van der Waals surface area contributed by atoms with Crippen LogP contribution in [-0.2, 0) is 18.0 Å². The Bertz CT molecular complexity index is 2130. The summed E-state index contributed by atoms with van der Waals surface area (Å²) in [5, 5.41) is 12.6. The van der Waals surface area contributed by atoms with Crippen molar-refractivity contribution in [1.29, 1.82) is 0 Å². The molecule has 0 saturated carbocycles. The number of anilines is 2. The number of nitro benzene ring substituents is 1. The van der Waals surface area contributed by atoms with Gasteiger partial charge in [0.05, 0.1) is 9.82 Å². The number of benzene rings is 4. The third-order valence-electron chi connectivity index (χ3n) is 9.07. The topological polar surface area (TPSA) is 95.7 Å². The van der Waals surface area contributed by atoms with Gasteiger partial charge in [-0.1, -0.05) is 54.1 Å². The summed E-state index contributed by atoms with van der Waals surface area (Å²) in [5.41, 5.74) is 8.23. The lowest BCUT2D eigenvalue weighted by atomic mass is 9.98. The van der Waals surface area contributed by atoms with Crippen LogP contribution in [-0.4, -0.2) is 44.8 Å². The first kappa shape index (κ1) is 34.5. The average molecular weight is 737 g/mol. The number of piperazine rings is 1. The van der Waals surface area contributed by atoms with E-state index < -0.39 is 15.9 Å². The molecule has 0 radical (unpaired) electrons. The zero-order valence-corrected chi connectivity index (χ0v) is 30.4. The molecule has 2 N–H and O–H groups in total. The van der Waals surface area contributed by atoms with Crippen molar-refractivity contribution in [1.82, 2.24) is 14.2 Å². The lowest BCUT2D eigenvalue weighted by Gasteiger charge is -2.39. The quantitative estimate of drug-likeness (QED) is 0.0794. The van der Waals surface area contributed by atoms with E-state index in [1.54, 1.807) is 12.1 Å². The van der Waals surface area contributed by atoms with Crippen molar-refractivity contribution in [2.24, 2.45) is 7.05 Å². The molecule has 0 spiro atoms. The fourth-order valence-electron chi connectivity index (χ4n) is 6.41. The van der Waals surface area contributed by atoms with Crippen molar-refractivity contribution in [2.45, 2.75) is 22.6 Å². The number of halogens is 1. The van der Waals surface area contributed by atoms with Crippen LogP contribution >= 0.6 is 23.5 Å². The first-order valence-corrected chi connectivity index (χ1v) is 19.0. The molecule has 4 aromatic carbocycles. The van der Waals surface area contributed by atoms with Gasteiger partial charge in [0, 0.05) is 89.8 Å². The van der Waals surface area contributed by atoms with E-state index in [2.05, 4.69) is 85.7 Å². The Hall–Kier alpha value is -4.97. The molecule has 2 heterocycles. The minimum atomic E-state index is -1.64. The molecule has 1 unspecified atom stereocenters. The normalized spacial score (nSPS) is 15.2. The number of hydrogen-bond acceptors (Lipinski definition) is 7. The third-order valence-corrected chi connectivity index (χ3v) is 11.3. The predicted molar refractivity (Wildman–Crippen MR) is 209 cm³/mol. The van der Waals surface area contributed by atoms with Crippen molar-refractivity contribution in [2.75, 3.05) is 35.8 Å². The van der Waals surface area contributed by atoms with Gasteiger partial charge in [-0.3, -0.25) is 10.1 Å². The van der Waals surface area contributed by atoms with Gasteiger partial charge in [0.25, 0.3) is 5.69 Å². The number of aromatic nitrogens is 1. The minimum Gasteiger partial charge on any atom is -0.371 e. The Morgan fingerprint density at radius 3 is 2.24 bits per heavy atom. The van der Waals surface area contributed by atoms with Gasteiger partial charge in [-0.15, -0.1) is 0 Å². The summed E-state index contributed by atoms with van der Waals surface area (Å²) in [6, 6.07) is 31.0. The first-order valence-electron chi connectivity index (χ1n) is 16.7. The lowest BCUT2D eigenvalue weighted by molar-refractivity contribution is -0.384. The van der Waals surface area contributed by atoms with Gasteiger partial charge in [-0.25, -0.2) is 4.21 Å². The van der Waals surface area contributed by atoms with E-state index in [1.807, 2.05) is 48.5 Å². The van der Waals surface area contributed by atoms with Crippen LogP contribution in [0.4, 0.5) is 17.1 Å². The van der Waals surface area contributed by atoms with E-state index in [4.69, 9.17) is 11.6 Å². The Labute approximate surface area is 309 Å². The van der Waals surface area contributed by atoms with E-state index in [9.17, 15) is 14.3 Å². The number of nitrogens with zero attached hydrogens (tertiary/aromatic N) is 4. The van der Waals surface area contributed by atoms with Crippen LogP contribution < -0.4 is 14.3 Å². The van der Waals surface area contributed by atoms with Gasteiger partial charge in [0.1, 0.15) is 16.7 Å². The summed E-state index contributed by atoms with van der Waals surface area (Å²) in [5.74, 6) is 0. The van der Waals surface area contributed by atoms with Crippen molar-refractivity contribution in [3.05, 3.63) is 148 Å². The molecule has 1 aromatic heterocycles. The van der Waals surface area contributed by atoms with E-state index in [1.165, 1.54) is 46.1 Å². The first-order chi connectivity index (χ1) is 24.8. The van der Waals surface area contributed by atoms with Gasteiger partial charge in [-0.2, -0.15) is 0 Å². The zero-order chi connectivity index (χ0) is 35.3. The molecule has 0 bridgehead atoms. The van der Waals surface area contributed by atoms with Crippen molar-refractivity contribution in [3.8, 4) is 22.3 Å². The summed E-state index contributed by atoms with van der Waals surface area (Å²) in [4.78, 5) is 17.5. The predicted octanol–water partition coefficient (Wildman–Crippen LogP) is 9.04. The largest absolute Gasteiger partial charge is 0.371 e. The van der Waals surface area contributed by atoms with Crippen LogP contribution in [0.2, 0.25) is 5.02 Å². The SMILES string of the molecule is Cn1cc(-c2ccc(Cl)cc2)c(-c2cccc(N3CCN(C4=CC=C(NS(=O)c5ccc(NSc6ccccc6)c([N+](=O)[O-])c5)CC4)CC3)c2)c1. The van der Waals surface area contributed by atoms with Crippen LogP contribution in [0.5, 0.6) is 0 Å². The summed E-state index contributed by atoms with van der Waals surface area (Å²) < 4.78 is 21.4. The Kier molecular flexibility index (Phi) is 10.5. The number of hydrogen-bond donors (Lipinski definition) is 2. The highest BCUT2D eigenvalue weighted by Gasteiger charge is 2.23. The third kappa shape index (κ3) is 8.17. The number of aryl methyl sites for hydroxylation is 1. The van der Waals surface area contributed by atoms with E-state index >= 15 is 0 Å². The Morgan fingerprint density at radius 1 is 0.804 bits per heavy atom. The molecule has 51 heavy (non-hydrogen) atoms. The molecule has 1 atom stereocenters. The Balaban J connectivity index is 0.961. The molecule has 7 rings (SSSR count). The molecular formula is C39H37ClN6O3S2. The fourth-order valence-corrected chi connectivity index (χ4v) is 8.17. The highest BCUT2D eigenvalue weighted by Crippen LogP contribution is 2.36. The monoisotopic (exact) mass is 736 g/mol. The van der Waals surface area contributed by atoms with Gasteiger partial charge in [-0.05, 0) is 96.6 Å². The van der Waals surface area contributed by atoms with E-state index in [0.717, 1.165) is 53.8 Å². The molecular weight excluding hydrogens is 700 g/mol. The van der Waals surface area contributed by atoms with Crippen LogP contribution in [0.25, 0.3) is 22.3 Å². The van der Waals surface area contributed by atoms with E-state index in [-0.39, 0.29) is 5.69 Å². The second-order valence-corrected chi connectivity index (χ2v) is 15.0. The summed E-state index contributed by atoms with van der Waals surface area (Å²) >= 11 is 7.44. The highest BCUT2D eigenvalue weighted by atomic mass is 35.5. The van der Waals surface area contributed by atoms with Crippen molar-refractivity contribution >= 4 is 51.6 Å². The second-order valence-electron chi connectivity index (χ2n) is 12.5. The number of rotatable bonds is 11. The smallest absolute Gasteiger partial charge is 0.294 e. The fraction of sp³-hybridized carbons (Fsp3) is 0.179. The maximum atomic E-state index is 13.2. The van der Waals surface area contributed by atoms with Gasteiger partial charge in [0.2, 0.25) is 0 Å². The summed E-state index contributed by atoms with van der Waals surface area (Å²) in [6.07, 6.45) is 9.94. The molecule has 1 fully saturated rings. The number of allylic oxidation sites excluding steroid dienone is 4. The van der Waals surface area contributed by atoms with Crippen LogP contribution in [0, 0.1) is 10.1 Å². The molecule has 2 aliphatic rings. The molecule has 1 aliphatic heterocycles. The maximum Gasteiger partial charge on any atom is 0.294 e. The van der Waals surface area contributed by atoms with Crippen molar-refractivity contribution < 1.29 is 9.13 Å². The summed E-state index contributed by atoms with van der Waals surface area (Å²) in [6.45, 7) is 3.64. The molecule has 1 aliphatic carbocycles. The minimum absolute atomic E-state index is 0.125. The van der Waals surface area contributed by atoms with Gasteiger partial charge < -0.3 is 23.8 Å². The number of nitrogens with one attached hydrogen (secondary N) is 2. The molecule has 1 saturated heterocycles. The molecule has 260 valence electrons. The Morgan fingerprint density at radius 2 is 1.53 bits per heavy atom. The standard InChI is InChI=1S/C39H37ClN6O3S2/c1-43-26-36(28-10-12-30(40)13-11-28)37(27-43)29-6-5-7-33(24-29)45-22-20-44(21-23-45)32-16-14-31(15-17-32)42-51(49)35-18-19-38(39(25-35)46(47)48)41-50-34-8-3-2-4-9-34/h2-14,16,18-19,24-27,41-42H,15,17,20-23H2,1H3. The van der Waals surface area contributed by atoms with Gasteiger partial charge in [0.15, 0.2) is 0 Å². The molecule has 0 amide bonds. The molecule has 5 aromatic rings.